The van der Waals surface area contributed by atoms with Crippen LogP contribution in [0.5, 0.6) is 0 Å². The highest BCUT2D eigenvalue weighted by Gasteiger charge is 2.62. The van der Waals surface area contributed by atoms with Crippen LogP contribution in [-0.4, -0.2) is 41.4 Å². The molecule has 0 aromatic carbocycles. The lowest BCUT2D eigenvalue weighted by Crippen LogP contribution is -2.73. The molecule has 3 rings (SSSR count). The zero-order valence-corrected chi connectivity index (χ0v) is 9.77. The Morgan fingerprint density at radius 2 is 2.29 bits per heavy atom. The molecule has 2 heterocycles. The van der Waals surface area contributed by atoms with E-state index in [0.717, 1.165) is 19.3 Å². The van der Waals surface area contributed by atoms with Crippen LogP contribution in [-0.2, 0) is 4.79 Å². The van der Waals surface area contributed by atoms with Crippen molar-refractivity contribution in [3.63, 3.8) is 0 Å². The van der Waals surface area contributed by atoms with E-state index in [0.29, 0.717) is 12.5 Å². The first-order chi connectivity index (χ1) is 8.20. The Labute approximate surface area is 99.4 Å². The quantitative estimate of drug-likeness (QED) is 0.727. The molecular formula is C11H16N4O2. The van der Waals surface area contributed by atoms with E-state index in [4.69, 9.17) is 0 Å². The number of rotatable bonds is 3. The highest BCUT2D eigenvalue weighted by atomic mass is 16.2. The van der Waals surface area contributed by atoms with Crippen molar-refractivity contribution in [2.75, 3.05) is 6.54 Å². The number of carbonyl (C=O) groups excluding carboxylic acids is 2. The van der Waals surface area contributed by atoms with E-state index < -0.39 is 5.54 Å². The average molecular weight is 236 g/mol. The summed E-state index contributed by atoms with van der Waals surface area (Å²) in [6, 6.07) is -0.320. The molecule has 1 saturated carbocycles. The summed E-state index contributed by atoms with van der Waals surface area (Å²) in [5.41, 5.74) is -0.705. The zero-order valence-electron chi connectivity index (χ0n) is 9.77. The predicted molar refractivity (Wildman–Crippen MR) is 61.4 cm³/mol. The highest BCUT2D eigenvalue weighted by Crippen LogP contribution is 2.45. The Hall–Kier alpha value is -1.59. The third-order valence-electron chi connectivity index (χ3n) is 3.76. The number of urea groups is 1. The van der Waals surface area contributed by atoms with Crippen LogP contribution >= 0.6 is 0 Å². The summed E-state index contributed by atoms with van der Waals surface area (Å²) < 4.78 is 0. The van der Waals surface area contributed by atoms with E-state index in [1.54, 1.807) is 11.2 Å². The molecule has 0 radical (unpaired) electrons. The Kier molecular flexibility index (Phi) is 2.14. The maximum absolute atomic E-state index is 12.1. The minimum atomic E-state index is -0.705. The van der Waals surface area contributed by atoms with E-state index in [2.05, 4.69) is 15.6 Å². The molecule has 92 valence electrons. The molecule has 1 saturated heterocycles. The molecule has 0 aromatic heterocycles. The second-order valence-corrected chi connectivity index (χ2v) is 4.89. The smallest absolute Gasteiger partial charge is 0.325 e. The van der Waals surface area contributed by atoms with E-state index >= 15 is 0 Å². The first-order valence-corrected chi connectivity index (χ1v) is 6.11. The van der Waals surface area contributed by atoms with E-state index in [1.807, 2.05) is 6.92 Å². The first kappa shape index (κ1) is 10.6. The van der Waals surface area contributed by atoms with Crippen molar-refractivity contribution in [1.82, 2.24) is 15.5 Å². The molecule has 2 fully saturated rings. The van der Waals surface area contributed by atoms with Crippen LogP contribution in [0.15, 0.2) is 4.99 Å². The van der Waals surface area contributed by atoms with Gasteiger partial charge in [0.25, 0.3) is 5.91 Å². The zero-order chi connectivity index (χ0) is 12.0. The number of amides is 3. The van der Waals surface area contributed by atoms with Gasteiger partial charge in [0.1, 0.15) is 0 Å². The van der Waals surface area contributed by atoms with Gasteiger partial charge in [0.05, 0.1) is 6.34 Å². The minimum absolute atomic E-state index is 0.222. The van der Waals surface area contributed by atoms with Gasteiger partial charge in [-0.1, -0.05) is 6.92 Å². The van der Waals surface area contributed by atoms with Crippen LogP contribution in [0.4, 0.5) is 4.79 Å². The summed E-state index contributed by atoms with van der Waals surface area (Å²) in [6.45, 7) is 2.63. The van der Waals surface area contributed by atoms with E-state index in [-0.39, 0.29) is 18.1 Å². The van der Waals surface area contributed by atoms with Gasteiger partial charge in [0, 0.05) is 6.54 Å². The number of nitrogens with one attached hydrogen (secondary N) is 2. The van der Waals surface area contributed by atoms with Crippen LogP contribution in [0.1, 0.15) is 26.2 Å². The summed E-state index contributed by atoms with van der Waals surface area (Å²) in [5.74, 6) is 0.0716. The molecule has 3 amide bonds. The molecule has 17 heavy (non-hydrogen) atoms. The summed E-state index contributed by atoms with van der Waals surface area (Å²) in [5, 5.41) is 5.55. The molecule has 6 nitrogen and oxygen atoms in total. The number of carbonyl (C=O) groups is 2. The molecule has 0 bridgehead atoms. The SMILES string of the molecule is CCCN1C(=O)NC(=O)C2(C3CC3)NC=NC12. The standard InChI is InChI=1S/C11H16N4O2/c1-2-5-15-8-11(7-3-4-7,13-6-12-8)9(16)14-10(15)17/h6-8H,2-5H2,1H3,(H,12,13)(H,14,16,17). The highest BCUT2D eigenvalue weighted by molar-refractivity contribution is 6.05. The largest absolute Gasteiger partial charge is 0.359 e. The fourth-order valence-corrected chi connectivity index (χ4v) is 2.82. The lowest BCUT2D eigenvalue weighted by atomic mass is 9.87. The van der Waals surface area contributed by atoms with Crippen molar-refractivity contribution in [3.05, 3.63) is 0 Å². The average Bonchev–Trinajstić information content (AvgIpc) is 3.05. The summed E-state index contributed by atoms with van der Waals surface area (Å²) in [4.78, 5) is 29.9. The van der Waals surface area contributed by atoms with E-state index in [9.17, 15) is 9.59 Å². The second-order valence-electron chi connectivity index (χ2n) is 4.89. The number of hydrogen-bond acceptors (Lipinski definition) is 4. The second kappa shape index (κ2) is 3.45. The molecule has 1 aliphatic carbocycles. The van der Waals surface area contributed by atoms with Crippen molar-refractivity contribution in [1.29, 1.82) is 0 Å². The van der Waals surface area contributed by atoms with Gasteiger partial charge in [-0.05, 0) is 25.2 Å². The van der Waals surface area contributed by atoms with Gasteiger partial charge in [0.2, 0.25) is 0 Å². The molecule has 3 aliphatic rings. The minimum Gasteiger partial charge on any atom is -0.359 e. The van der Waals surface area contributed by atoms with Crippen molar-refractivity contribution in [2.24, 2.45) is 10.9 Å². The predicted octanol–water partition coefficient (Wildman–Crippen LogP) is 0.0546. The molecular weight excluding hydrogens is 220 g/mol. The molecule has 0 aromatic rings. The van der Waals surface area contributed by atoms with Gasteiger partial charge in [-0.15, -0.1) is 0 Å². The van der Waals surface area contributed by atoms with Gasteiger partial charge in [-0.25, -0.2) is 9.79 Å². The maximum Gasteiger partial charge on any atom is 0.325 e. The lowest BCUT2D eigenvalue weighted by Gasteiger charge is -2.43. The van der Waals surface area contributed by atoms with Crippen LogP contribution < -0.4 is 10.6 Å². The Morgan fingerprint density at radius 3 is 2.94 bits per heavy atom. The van der Waals surface area contributed by atoms with Crippen LogP contribution in [0.3, 0.4) is 0 Å². The molecule has 2 atom stereocenters. The van der Waals surface area contributed by atoms with E-state index in [1.165, 1.54) is 0 Å². The Balaban J connectivity index is 1.96. The van der Waals surface area contributed by atoms with Gasteiger partial charge >= 0.3 is 6.03 Å². The van der Waals surface area contributed by atoms with Crippen LogP contribution in [0, 0.1) is 5.92 Å². The third-order valence-corrected chi connectivity index (χ3v) is 3.76. The monoisotopic (exact) mass is 236 g/mol. The van der Waals surface area contributed by atoms with Crippen LogP contribution in [0.2, 0.25) is 0 Å². The van der Waals surface area contributed by atoms with Crippen molar-refractivity contribution < 1.29 is 9.59 Å². The Bertz CT molecular complexity index is 404. The van der Waals surface area contributed by atoms with Crippen molar-refractivity contribution in [2.45, 2.75) is 37.9 Å². The topological polar surface area (TPSA) is 73.8 Å². The van der Waals surface area contributed by atoms with Gasteiger partial charge in [-0.3, -0.25) is 15.0 Å². The summed E-state index contributed by atoms with van der Waals surface area (Å²) >= 11 is 0. The number of imide groups is 1. The number of hydrogen-bond donors (Lipinski definition) is 2. The lowest BCUT2D eigenvalue weighted by molar-refractivity contribution is -0.131. The molecule has 0 spiro atoms. The summed E-state index contributed by atoms with van der Waals surface area (Å²) in [7, 11) is 0. The maximum atomic E-state index is 12.1. The van der Waals surface area contributed by atoms with Crippen LogP contribution in [0.25, 0.3) is 0 Å². The Morgan fingerprint density at radius 1 is 1.53 bits per heavy atom. The number of aliphatic imine (C=N–C) groups is 1. The molecule has 2 aliphatic heterocycles. The molecule has 2 unspecified atom stereocenters. The molecule has 2 N–H and O–H groups in total. The number of fused-ring (bicyclic) bond motifs is 1. The van der Waals surface area contributed by atoms with Gasteiger partial charge in [0.15, 0.2) is 11.7 Å². The number of nitrogens with zero attached hydrogens (tertiary/aromatic N) is 2. The fraction of sp³-hybridized carbons (Fsp3) is 0.727. The van der Waals surface area contributed by atoms with Crippen molar-refractivity contribution >= 4 is 18.3 Å². The normalized spacial score (nSPS) is 35.6. The van der Waals surface area contributed by atoms with Gasteiger partial charge in [-0.2, -0.15) is 0 Å². The first-order valence-electron chi connectivity index (χ1n) is 6.11. The van der Waals surface area contributed by atoms with Crippen molar-refractivity contribution in [3.8, 4) is 0 Å². The molecule has 6 heteroatoms. The van der Waals surface area contributed by atoms with Gasteiger partial charge < -0.3 is 5.32 Å². The fourth-order valence-electron chi connectivity index (χ4n) is 2.82. The third kappa shape index (κ3) is 1.29. The summed E-state index contributed by atoms with van der Waals surface area (Å²) in [6.07, 6.45) is 4.11.